The second-order valence-corrected chi connectivity index (χ2v) is 4.99. The van der Waals surface area contributed by atoms with Crippen molar-refractivity contribution < 1.29 is 14.9 Å². The summed E-state index contributed by atoms with van der Waals surface area (Å²) in [5, 5.41) is 19.3. The molecule has 1 rings (SSSR count). The Morgan fingerprint density at radius 2 is 2.00 bits per heavy atom. The predicted octanol–water partition coefficient (Wildman–Crippen LogP) is 1.60. The van der Waals surface area contributed by atoms with Gasteiger partial charge in [-0.05, 0) is 38.6 Å². The third-order valence-electron chi connectivity index (χ3n) is 2.35. The molecule has 1 aromatic rings. The van der Waals surface area contributed by atoms with E-state index in [2.05, 4.69) is 0 Å². The van der Waals surface area contributed by atoms with E-state index in [9.17, 15) is 10.2 Å². The van der Waals surface area contributed by atoms with Gasteiger partial charge < -0.3 is 14.9 Å². The zero-order chi connectivity index (χ0) is 13.1. The highest BCUT2D eigenvalue weighted by molar-refractivity contribution is 5.41. The van der Waals surface area contributed by atoms with Crippen molar-refractivity contribution in [2.75, 3.05) is 20.7 Å². The second kappa shape index (κ2) is 5.38. The Kier molecular flexibility index (Phi) is 4.37. The van der Waals surface area contributed by atoms with E-state index in [0.29, 0.717) is 18.8 Å². The third kappa shape index (κ3) is 4.63. The lowest BCUT2D eigenvalue weighted by molar-refractivity contribution is 0.0425. The fourth-order valence-electron chi connectivity index (χ4n) is 1.86. The number of benzene rings is 1. The van der Waals surface area contributed by atoms with Crippen molar-refractivity contribution in [2.24, 2.45) is 0 Å². The molecule has 0 saturated heterocycles. The molecule has 96 valence electrons. The minimum atomic E-state index is -0.719. The molecule has 17 heavy (non-hydrogen) atoms. The van der Waals surface area contributed by atoms with E-state index in [1.54, 1.807) is 26.0 Å². The monoisotopic (exact) mass is 239 g/mol. The minimum Gasteiger partial charge on any atom is -0.504 e. The van der Waals surface area contributed by atoms with Crippen LogP contribution in [0.1, 0.15) is 19.4 Å². The molecule has 0 bridgehead atoms. The first kappa shape index (κ1) is 13.8. The fourth-order valence-corrected chi connectivity index (χ4v) is 1.86. The van der Waals surface area contributed by atoms with Crippen LogP contribution in [0.5, 0.6) is 11.5 Å². The van der Waals surface area contributed by atoms with Crippen molar-refractivity contribution in [1.82, 2.24) is 4.90 Å². The number of hydrogen-bond acceptors (Lipinski definition) is 4. The van der Waals surface area contributed by atoms with Crippen LogP contribution in [0.4, 0.5) is 0 Å². The zero-order valence-corrected chi connectivity index (χ0v) is 10.9. The lowest BCUT2D eigenvalue weighted by Crippen LogP contribution is -2.35. The van der Waals surface area contributed by atoms with Gasteiger partial charge in [0.15, 0.2) is 11.5 Å². The van der Waals surface area contributed by atoms with Crippen LogP contribution in [-0.4, -0.2) is 41.4 Å². The maximum Gasteiger partial charge on any atom is 0.160 e. The van der Waals surface area contributed by atoms with Gasteiger partial charge in [0.25, 0.3) is 0 Å². The molecule has 0 aliphatic heterocycles. The Morgan fingerprint density at radius 1 is 1.35 bits per heavy atom. The first-order valence-corrected chi connectivity index (χ1v) is 5.58. The van der Waals surface area contributed by atoms with E-state index in [1.807, 2.05) is 18.0 Å². The number of likely N-dealkylation sites (N-methyl/N-ethyl adjacent to an activating group) is 1. The van der Waals surface area contributed by atoms with E-state index in [0.717, 1.165) is 5.56 Å². The highest BCUT2D eigenvalue weighted by Crippen LogP contribution is 2.26. The molecule has 0 spiro atoms. The summed E-state index contributed by atoms with van der Waals surface area (Å²) < 4.78 is 4.98. The summed E-state index contributed by atoms with van der Waals surface area (Å²) >= 11 is 0. The Morgan fingerprint density at radius 3 is 2.47 bits per heavy atom. The van der Waals surface area contributed by atoms with E-state index in [1.165, 1.54) is 7.11 Å². The molecule has 0 aliphatic carbocycles. The third-order valence-corrected chi connectivity index (χ3v) is 2.35. The maximum absolute atomic E-state index is 9.69. The van der Waals surface area contributed by atoms with Crippen molar-refractivity contribution in [3.63, 3.8) is 0 Å². The lowest BCUT2D eigenvalue weighted by Gasteiger charge is -2.25. The van der Waals surface area contributed by atoms with Crippen LogP contribution in [-0.2, 0) is 6.54 Å². The van der Waals surface area contributed by atoms with Crippen LogP contribution >= 0.6 is 0 Å². The fraction of sp³-hybridized carbons (Fsp3) is 0.538. The molecular weight excluding hydrogens is 218 g/mol. The van der Waals surface area contributed by atoms with Crippen molar-refractivity contribution in [3.8, 4) is 11.5 Å². The quantitative estimate of drug-likeness (QED) is 0.819. The molecule has 0 fully saturated rings. The number of aliphatic hydroxyl groups is 1. The summed E-state index contributed by atoms with van der Waals surface area (Å²) in [7, 11) is 3.45. The molecule has 0 radical (unpaired) electrons. The average molecular weight is 239 g/mol. The van der Waals surface area contributed by atoms with Gasteiger partial charge in [0, 0.05) is 13.1 Å². The number of aromatic hydroxyl groups is 1. The van der Waals surface area contributed by atoms with Crippen molar-refractivity contribution >= 4 is 0 Å². The highest BCUT2D eigenvalue weighted by atomic mass is 16.5. The van der Waals surface area contributed by atoms with Crippen LogP contribution in [0.2, 0.25) is 0 Å². The Labute approximate surface area is 102 Å². The molecule has 0 saturated carbocycles. The molecule has 1 aromatic carbocycles. The summed E-state index contributed by atoms with van der Waals surface area (Å²) in [4.78, 5) is 2.00. The molecule has 0 amide bonds. The van der Waals surface area contributed by atoms with Crippen LogP contribution in [0.3, 0.4) is 0 Å². The number of phenolic OH excluding ortho intramolecular Hbond substituents is 1. The number of ether oxygens (including phenoxy) is 1. The minimum absolute atomic E-state index is 0.140. The van der Waals surface area contributed by atoms with Crippen molar-refractivity contribution in [2.45, 2.75) is 26.0 Å². The standard InChI is InChI=1S/C13H21NO3/c1-13(2,16)9-14(3)8-10-5-6-12(17-4)11(15)7-10/h5-7,15-16H,8-9H2,1-4H3. The van der Waals surface area contributed by atoms with Gasteiger partial charge in [0.05, 0.1) is 12.7 Å². The second-order valence-electron chi connectivity index (χ2n) is 4.99. The molecular formula is C13H21NO3. The van der Waals surface area contributed by atoms with Gasteiger partial charge in [-0.3, -0.25) is 4.90 Å². The molecule has 0 aromatic heterocycles. The number of nitrogens with zero attached hydrogens (tertiary/aromatic N) is 1. The topological polar surface area (TPSA) is 52.9 Å². The summed E-state index contributed by atoms with van der Waals surface area (Å²) in [6.45, 7) is 4.78. The smallest absolute Gasteiger partial charge is 0.160 e. The summed E-state index contributed by atoms with van der Waals surface area (Å²) in [5.74, 6) is 0.612. The van der Waals surface area contributed by atoms with E-state index in [4.69, 9.17) is 4.74 Å². The van der Waals surface area contributed by atoms with Crippen molar-refractivity contribution in [3.05, 3.63) is 23.8 Å². The number of rotatable bonds is 5. The average Bonchev–Trinajstić information content (AvgIpc) is 2.14. The largest absolute Gasteiger partial charge is 0.504 e. The summed E-state index contributed by atoms with van der Waals surface area (Å²) in [6.07, 6.45) is 0. The number of hydrogen-bond donors (Lipinski definition) is 2. The van der Waals surface area contributed by atoms with Crippen LogP contribution in [0.25, 0.3) is 0 Å². The van der Waals surface area contributed by atoms with E-state index < -0.39 is 5.60 Å². The van der Waals surface area contributed by atoms with Gasteiger partial charge in [0.2, 0.25) is 0 Å². The Balaban J connectivity index is 2.66. The Hall–Kier alpha value is -1.26. The zero-order valence-electron chi connectivity index (χ0n) is 10.9. The molecule has 4 nitrogen and oxygen atoms in total. The first-order chi connectivity index (χ1) is 7.81. The van der Waals surface area contributed by atoms with E-state index in [-0.39, 0.29) is 5.75 Å². The van der Waals surface area contributed by atoms with Gasteiger partial charge in [0.1, 0.15) is 0 Å². The lowest BCUT2D eigenvalue weighted by atomic mass is 10.1. The number of phenols is 1. The summed E-state index contributed by atoms with van der Waals surface area (Å²) in [5.41, 5.74) is 0.263. The first-order valence-electron chi connectivity index (χ1n) is 5.58. The van der Waals surface area contributed by atoms with Gasteiger partial charge in [-0.2, -0.15) is 0 Å². The maximum atomic E-state index is 9.69. The van der Waals surface area contributed by atoms with Crippen LogP contribution < -0.4 is 4.74 Å². The predicted molar refractivity (Wildman–Crippen MR) is 67.3 cm³/mol. The SMILES string of the molecule is COc1ccc(CN(C)CC(C)(C)O)cc1O. The van der Waals surface area contributed by atoms with Gasteiger partial charge >= 0.3 is 0 Å². The van der Waals surface area contributed by atoms with Crippen molar-refractivity contribution in [1.29, 1.82) is 0 Å². The Bertz CT molecular complexity index is 371. The highest BCUT2D eigenvalue weighted by Gasteiger charge is 2.15. The van der Waals surface area contributed by atoms with E-state index >= 15 is 0 Å². The molecule has 4 heteroatoms. The molecule has 0 unspecified atom stereocenters. The molecule has 2 N–H and O–H groups in total. The molecule has 0 aliphatic rings. The summed E-state index contributed by atoms with van der Waals surface area (Å²) in [6, 6.07) is 5.32. The van der Waals surface area contributed by atoms with Gasteiger partial charge in [-0.1, -0.05) is 6.07 Å². The molecule has 0 heterocycles. The van der Waals surface area contributed by atoms with Gasteiger partial charge in [-0.15, -0.1) is 0 Å². The normalized spacial score (nSPS) is 11.9. The van der Waals surface area contributed by atoms with Crippen LogP contribution in [0.15, 0.2) is 18.2 Å². The van der Waals surface area contributed by atoms with Crippen LogP contribution in [0, 0.1) is 0 Å². The molecule has 0 atom stereocenters. The number of methoxy groups -OCH3 is 1. The van der Waals surface area contributed by atoms with Gasteiger partial charge in [-0.25, -0.2) is 0 Å².